The van der Waals surface area contributed by atoms with E-state index in [4.69, 9.17) is 11.6 Å². The fourth-order valence-electron chi connectivity index (χ4n) is 2.26. The lowest BCUT2D eigenvalue weighted by atomic mass is 10.2. The van der Waals surface area contributed by atoms with Gasteiger partial charge in [0.15, 0.2) is 0 Å². The van der Waals surface area contributed by atoms with Gasteiger partial charge in [-0.3, -0.25) is 9.10 Å². The molecule has 2 aromatic rings. The van der Waals surface area contributed by atoms with Gasteiger partial charge in [-0.1, -0.05) is 41.4 Å². The molecule has 0 atom stereocenters. The lowest BCUT2D eigenvalue weighted by Gasteiger charge is -2.24. The van der Waals surface area contributed by atoms with Gasteiger partial charge in [0.1, 0.15) is 6.54 Å². The minimum Gasteiger partial charge on any atom is -0.351 e. The quantitative estimate of drug-likeness (QED) is 0.734. The number of nitrogens with zero attached hydrogens (tertiary/aromatic N) is 1. The van der Waals surface area contributed by atoms with Crippen molar-refractivity contribution in [1.82, 2.24) is 5.32 Å². The molecule has 0 unspecified atom stereocenters. The summed E-state index contributed by atoms with van der Waals surface area (Å²) in [4.78, 5) is 12.3. The van der Waals surface area contributed by atoms with Gasteiger partial charge >= 0.3 is 0 Å². The van der Waals surface area contributed by atoms with Crippen LogP contribution in [0.15, 0.2) is 60.0 Å². The molecule has 2 rings (SSSR count). The van der Waals surface area contributed by atoms with Crippen molar-refractivity contribution in [3.05, 3.63) is 71.3 Å². The molecule has 0 aromatic heterocycles. The number of nitrogens with one attached hydrogen (secondary N) is 1. The first kappa shape index (κ1) is 20.0. The first-order valence-corrected chi connectivity index (χ1v) is 9.80. The van der Waals surface area contributed by atoms with Crippen molar-refractivity contribution >= 4 is 33.2 Å². The van der Waals surface area contributed by atoms with E-state index in [0.717, 1.165) is 15.4 Å². The predicted octanol–water partition coefficient (Wildman–Crippen LogP) is 3.45. The van der Waals surface area contributed by atoms with Gasteiger partial charge < -0.3 is 5.32 Å². The first-order chi connectivity index (χ1) is 12.3. The lowest BCUT2D eigenvalue weighted by Crippen LogP contribution is -2.41. The van der Waals surface area contributed by atoms with E-state index < -0.39 is 15.9 Å². The number of sulfonamides is 1. The molecule has 138 valence electrons. The van der Waals surface area contributed by atoms with Crippen LogP contribution < -0.4 is 9.62 Å². The third kappa shape index (κ3) is 4.65. The number of anilines is 1. The Hall–Kier alpha value is -2.31. The zero-order valence-corrected chi connectivity index (χ0v) is 16.3. The topological polar surface area (TPSA) is 66.5 Å². The molecule has 7 heteroatoms. The molecule has 0 bridgehead atoms. The molecule has 1 N–H and O–H groups in total. The Balaban J connectivity index is 2.47. The second-order valence-corrected chi connectivity index (χ2v) is 8.12. The molecule has 1 amide bonds. The average Bonchev–Trinajstić information content (AvgIpc) is 2.60. The maximum Gasteiger partial charge on any atom is 0.264 e. The number of hydrogen-bond acceptors (Lipinski definition) is 3. The summed E-state index contributed by atoms with van der Waals surface area (Å²) in [6, 6.07) is 11.4. The van der Waals surface area contributed by atoms with Gasteiger partial charge in [0, 0.05) is 11.6 Å². The van der Waals surface area contributed by atoms with Gasteiger partial charge in [0.2, 0.25) is 5.91 Å². The Morgan fingerprint density at radius 2 is 1.85 bits per heavy atom. The molecule has 0 spiro atoms. The number of carbonyl (C=O) groups excluding carboxylic acids is 1. The van der Waals surface area contributed by atoms with E-state index in [9.17, 15) is 13.2 Å². The summed E-state index contributed by atoms with van der Waals surface area (Å²) in [5.74, 6) is -0.433. The van der Waals surface area contributed by atoms with Crippen LogP contribution in [0.3, 0.4) is 0 Å². The van der Waals surface area contributed by atoms with Crippen molar-refractivity contribution in [1.29, 1.82) is 0 Å². The Kier molecular flexibility index (Phi) is 6.45. The lowest BCUT2D eigenvalue weighted by molar-refractivity contribution is -0.119. The highest BCUT2D eigenvalue weighted by Gasteiger charge is 2.27. The minimum absolute atomic E-state index is 0.108. The van der Waals surface area contributed by atoms with Crippen LogP contribution in [0, 0.1) is 13.8 Å². The second-order valence-electron chi connectivity index (χ2n) is 5.85. The highest BCUT2D eigenvalue weighted by atomic mass is 35.5. The van der Waals surface area contributed by atoms with E-state index in [1.54, 1.807) is 30.3 Å². The Morgan fingerprint density at radius 3 is 2.42 bits per heavy atom. The number of amides is 1. The Labute approximate surface area is 159 Å². The third-order valence-electron chi connectivity index (χ3n) is 3.78. The number of rotatable bonds is 7. The maximum atomic E-state index is 13.1. The molecule has 5 nitrogen and oxygen atoms in total. The number of hydrogen-bond donors (Lipinski definition) is 1. The molecule has 2 aromatic carbocycles. The SMILES string of the molecule is C=CCNC(=O)CN(c1ccc(C)c(Cl)c1)S(=O)(=O)c1ccc(C)cc1. The van der Waals surface area contributed by atoms with Gasteiger partial charge in [-0.2, -0.15) is 0 Å². The molecule has 0 fully saturated rings. The normalized spacial score (nSPS) is 11.0. The summed E-state index contributed by atoms with van der Waals surface area (Å²) in [5, 5.41) is 3.02. The Bertz CT molecular complexity index is 909. The monoisotopic (exact) mass is 392 g/mol. The summed E-state index contributed by atoms with van der Waals surface area (Å²) in [6.45, 7) is 7.12. The molecular weight excluding hydrogens is 372 g/mol. The molecule has 0 radical (unpaired) electrons. The van der Waals surface area contributed by atoms with Gasteiger partial charge in [0.25, 0.3) is 10.0 Å². The van der Waals surface area contributed by atoms with Crippen molar-refractivity contribution in [3.8, 4) is 0 Å². The largest absolute Gasteiger partial charge is 0.351 e. The summed E-state index contributed by atoms with van der Waals surface area (Å²) in [5.41, 5.74) is 2.09. The van der Waals surface area contributed by atoms with Crippen LogP contribution in [0.4, 0.5) is 5.69 Å². The molecule has 0 aliphatic heterocycles. The van der Waals surface area contributed by atoms with Crippen LogP contribution in [0.5, 0.6) is 0 Å². The second kappa shape index (κ2) is 8.38. The van der Waals surface area contributed by atoms with E-state index in [0.29, 0.717) is 10.7 Å². The smallest absolute Gasteiger partial charge is 0.264 e. The molecule has 0 heterocycles. The third-order valence-corrected chi connectivity index (χ3v) is 5.98. The predicted molar refractivity (Wildman–Crippen MR) is 105 cm³/mol. The van der Waals surface area contributed by atoms with Crippen LogP contribution in [-0.4, -0.2) is 27.4 Å². The van der Waals surface area contributed by atoms with E-state index >= 15 is 0 Å². The molecule has 0 saturated carbocycles. The zero-order valence-electron chi connectivity index (χ0n) is 14.7. The molecule has 0 saturated heterocycles. The van der Waals surface area contributed by atoms with Crippen molar-refractivity contribution < 1.29 is 13.2 Å². The van der Waals surface area contributed by atoms with Crippen LogP contribution >= 0.6 is 11.6 Å². The van der Waals surface area contributed by atoms with E-state index in [-0.39, 0.29) is 18.0 Å². The molecule has 0 aliphatic rings. The zero-order chi connectivity index (χ0) is 19.3. The Morgan fingerprint density at radius 1 is 1.19 bits per heavy atom. The first-order valence-electron chi connectivity index (χ1n) is 7.99. The standard InChI is InChI=1S/C19H21ClN2O3S/c1-4-11-21-19(23)13-22(16-8-7-15(3)18(20)12-16)26(24,25)17-9-5-14(2)6-10-17/h4-10,12H,1,11,13H2,2-3H3,(H,21,23). The maximum absolute atomic E-state index is 13.1. The highest BCUT2D eigenvalue weighted by molar-refractivity contribution is 7.92. The van der Waals surface area contributed by atoms with Crippen molar-refractivity contribution in [2.45, 2.75) is 18.7 Å². The van der Waals surface area contributed by atoms with Gasteiger partial charge in [-0.15, -0.1) is 6.58 Å². The summed E-state index contributed by atoms with van der Waals surface area (Å²) >= 11 is 6.16. The number of benzene rings is 2. The minimum atomic E-state index is -3.93. The van der Waals surface area contributed by atoms with E-state index in [2.05, 4.69) is 11.9 Å². The van der Waals surface area contributed by atoms with Gasteiger partial charge in [0.05, 0.1) is 10.6 Å². The average molecular weight is 393 g/mol. The molecular formula is C19H21ClN2O3S. The highest BCUT2D eigenvalue weighted by Crippen LogP contribution is 2.28. The van der Waals surface area contributed by atoms with Gasteiger partial charge in [-0.25, -0.2) is 8.42 Å². The summed E-state index contributed by atoms with van der Waals surface area (Å²) < 4.78 is 27.3. The molecule has 0 aliphatic carbocycles. The fourth-order valence-corrected chi connectivity index (χ4v) is 3.85. The van der Waals surface area contributed by atoms with Crippen molar-refractivity contribution in [3.63, 3.8) is 0 Å². The number of halogens is 1. The number of aryl methyl sites for hydroxylation is 2. The molecule has 26 heavy (non-hydrogen) atoms. The van der Waals surface area contributed by atoms with Gasteiger partial charge in [-0.05, 0) is 43.7 Å². The van der Waals surface area contributed by atoms with Crippen LogP contribution in [0.1, 0.15) is 11.1 Å². The summed E-state index contributed by atoms with van der Waals surface area (Å²) in [6.07, 6.45) is 1.53. The van der Waals surface area contributed by atoms with Crippen LogP contribution in [0.2, 0.25) is 5.02 Å². The summed E-state index contributed by atoms with van der Waals surface area (Å²) in [7, 11) is -3.93. The van der Waals surface area contributed by atoms with Crippen molar-refractivity contribution in [2.24, 2.45) is 0 Å². The van der Waals surface area contributed by atoms with E-state index in [1.807, 2.05) is 13.8 Å². The fraction of sp³-hybridized carbons (Fsp3) is 0.211. The van der Waals surface area contributed by atoms with Crippen molar-refractivity contribution in [2.75, 3.05) is 17.4 Å². The number of carbonyl (C=O) groups is 1. The van der Waals surface area contributed by atoms with Crippen LogP contribution in [0.25, 0.3) is 0 Å². The van der Waals surface area contributed by atoms with Crippen LogP contribution in [-0.2, 0) is 14.8 Å². The van der Waals surface area contributed by atoms with E-state index in [1.165, 1.54) is 18.2 Å².